The van der Waals surface area contributed by atoms with E-state index in [9.17, 15) is 9.90 Å². The first-order valence-electron chi connectivity index (χ1n) is 6.62. The molecule has 0 saturated heterocycles. The Morgan fingerprint density at radius 2 is 2.23 bits per heavy atom. The predicted octanol–water partition coefficient (Wildman–Crippen LogP) is 2.74. The molecule has 116 valence electrons. The second-order valence-electron chi connectivity index (χ2n) is 4.64. The second kappa shape index (κ2) is 6.34. The summed E-state index contributed by atoms with van der Waals surface area (Å²) in [6.45, 7) is 7.09. The van der Waals surface area contributed by atoms with E-state index in [0.717, 1.165) is 0 Å². The summed E-state index contributed by atoms with van der Waals surface area (Å²) in [5.74, 6) is 0.368. The third-order valence-electron chi connectivity index (χ3n) is 3.18. The molecular formula is C16H17NO5. The minimum atomic E-state index is -0.612. The highest BCUT2D eigenvalue weighted by atomic mass is 16.6. The number of phenolic OH excluding ortho intramolecular Hbond substituents is 1. The fourth-order valence-corrected chi connectivity index (χ4v) is 2.15. The molecule has 0 unspecified atom stereocenters. The summed E-state index contributed by atoms with van der Waals surface area (Å²) in [6, 6.07) is 3.15. The zero-order valence-corrected chi connectivity index (χ0v) is 12.7. The minimum absolute atomic E-state index is 0.0420. The molecule has 0 aliphatic rings. The number of rotatable bonds is 5. The molecule has 1 aromatic carbocycles. The molecule has 0 atom stereocenters. The molecule has 2 rings (SSSR count). The number of hydrogen-bond donors (Lipinski definition) is 1. The van der Waals surface area contributed by atoms with Gasteiger partial charge in [-0.25, -0.2) is 4.79 Å². The summed E-state index contributed by atoms with van der Waals surface area (Å²) >= 11 is 0. The van der Waals surface area contributed by atoms with Crippen LogP contribution in [0.2, 0.25) is 0 Å². The van der Waals surface area contributed by atoms with Gasteiger partial charge in [-0.2, -0.15) is 0 Å². The molecule has 0 spiro atoms. The molecule has 6 heteroatoms. The van der Waals surface area contributed by atoms with E-state index in [1.54, 1.807) is 26.0 Å². The highest BCUT2D eigenvalue weighted by Crippen LogP contribution is 2.33. The molecule has 0 aliphatic heterocycles. The number of hydrogen-bond acceptors (Lipinski definition) is 6. The zero-order chi connectivity index (χ0) is 16.3. The van der Waals surface area contributed by atoms with Crippen LogP contribution in [-0.2, 0) is 4.84 Å². The average Bonchev–Trinajstić information content (AvgIpc) is 2.49. The van der Waals surface area contributed by atoms with Gasteiger partial charge >= 0.3 is 5.63 Å². The first-order valence-corrected chi connectivity index (χ1v) is 6.62. The number of fused-ring (bicyclic) bond motifs is 1. The Labute approximate surface area is 127 Å². The molecule has 2 aromatic rings. The van der Waals surface area contributed by atoms with Gasteiger partial charge < -0.3 is 19.1 Å². The van der Waals surface area contributed by atoms with E-state index in [4.69, 9.17) is 14.0 Å². The molecular weight excluding hydrogens is 286 g/mol. The summed E-state index contributed by atoms with van der Waals surface area (Å²) < 4.78 is 11.0. The lowest BCUT2D eigenvalue weighted by molar-refractivity contribution is 0.213. The minimum Gasteiger partial charge on any atom is -0.508 e. The van der Waals surface area contributed by atoms with E-state index in [0.29, 0.717) is 22.4 Å². The van der Waals surface area contributed by atoms with Gasteiger partial charge in [-0.3, -0.25) is 0 Å². The topological polar surface area (TPSA) is 81.3 Å². The molecule has 1 heterocycles. The van der Waals surface area contributed by atoms with Crippen molar-refractivity contribution < 1.29 is 19.1 Å². The summed E-state index contributed by atoms with van der Waals surface area (Å²) in [7, 11) is 1.39. The van der Waals surface area contributed by atoms with Crippen LogP contribution in [0.1, 0.15) is 18.1 Å². The van der Waals surface area contributed by atoms with E-state index in [1.807, 2.05) is 0 Å². The summed E-state index contributed by atoms with van der Waals surface area (Å²) in [6.07, 6.45) is 1.57. The van der Waals surface area contributed by atoms with Crippen molar-refractivity contribution in [1.29, 1.82) is 0 Å². The van der Waals surface area contributed by atoms with Crippen LogP contribution in [0.3, 0.4) is 0 Å². The third kappa shape index (κ3) is 2.67. The van der Waals surface area contributed by atoms with Gasteiger partial charge in [0.15, 0.2) is 0 Å². The van der Waals surface area contributed by atoms with E-state index >= 15 is 0 Å². The van der Waals surface area contributed by atoms with Crippen LogP contribution >= 0.6 is 0 Å². The lowest BCUT2D eigenvalue weighted by atomic mass is 10.1. The Hall–Kier alpha value is -2.76. The lowest BCUT2D eigenvalue weighted by Crippen LogP contribution is -2.16. The maximum absolute atomic E-state index is 12.3. The van der Waals surface area contributed by atoms with Gasteiger partial charge in [-0.05, 0) is 26.0 Å². The van der Waals surface area contributed by atoms with Gasteiger partial charge in [0.2, 0.25) is 0 Å². The molecule has 0 radical (unpaired) electrons. The fourth-order valence-electron chi connectivity index (χ4n) is 2.15. The van der Waals surface area contributed by atoms with Crippen LogP contribution in [0, 0.1) is 6.92 Å². The number of phenols is 1. The van der Waals surface area contributed by atoms with Gasteiger partial charge in [0.1, 0.15) is 36.4 Å². The van der Waals surface area contributed by atoms with Gasteiger partial charge in [-0.1, -0.05) is 17.8 Å². The zero-order valence-electron chi connectivity index (χ0n) is 12.7. The number of nitrogens with zero attached hydrogens (tertiary/aromatic N) is 1. The van der Waals surface area contributed by atoms with Crippen LogP contribution in [0.25, 0.3) is 11.0 Å². The predicted molar refractivity (Wildman–Crippen MR) is 83.8 cm³/mol. The van der Waals surface area contributed by atoms with E-state index in [1.165, 1.54) is 13.2 Å². The van der Waals surface area contributed by atoms with Crippen molar-refractivity contribution in [3.8, 4) is 11.5 Å². The van der Waals surface area contributed by atoms with E-state index < -0.39 is 5.63 Å². The lowest BCUT2D eigenvalue weighted by Gasteiger charge is -2.13. The summed E-state index contributed by atoms with van der Waals surface area (Å²) in [5.41, 5.74) is 0.645. The smallest absolute Gasteiger partial charge is 0.349 e. The Morgan fingerprint density at radius 1 is 1.50 bits per heavy atom. The Balaban J connectivity index is 2.87. The SMILES string of the molecule is C=CCOc1c(/C(C)=N\OC)c(=O)oc2c(C)c(O)ccc12. The van der Waals surface area contributed by atoms with Crippen LogP contribution in [-0.4, -0.2) is 24.5 Å². The highest BCUT2D eigenvalue weighted by molar-refractivity contribution is 6.05. The summed E-state index contributed by atoms with van der Waals surface area (Å²) in [5, 5.41) is 14.1. The molecule has 0 amide bonds. The van der Waals surface area contributed by atoms with Gasteiger partial charge in [0.25, 0.3) is 0 Å². The number of aryl methyl sites for hydroxylation is 1. The Kier molecular flexibility index (Phi) is 4.50. The molecule has 0 aliphatic carbocycles. The number of oxime groups is 1. The van der Waals surface area contributed by atoms with Crippen molar-refractivity contribution in [2.75, 3.05) is 13.7 Å². The quantitative estimate of drug-likeness (QED) is 0.397. The van der Waals surface area contributed by atoms with Crippen molar-refractivity contribution in [2.45, 2.75) is 13.8 Å². The van der Waals surface area contributed by atoms with Crippen LogP contribution in [0.5, 0.6) is 11.5 Å². The number of aromatic hydroxyl groups is 1. The Bertz CT molecular complexity index is 804. The van der Waals surface area contributed by atoms with Crippen molar-refractivity contribution in [1.82, 2.24) is 0 Å². The summed E-state index contributed by atoms with van der Waals surface area (Å²) in [4.78, 5) is 17.0. The largest absolute Gasteiger partial charge is 0.508 e. The molecule has 22 heavy (non-hydrogen) atoms. The molecule has 1 aromatic heterocycles. The normalized spacial score (nSPS) is 11.5. The van der Waals surface area contributed by atoms with E-state index in [2.05, 4.69) is 11.7 Å². The van der Waals surface area contributed by atoms with Crippen molar-refractivity contribution >= 4 is 16.7 Å². The monoisotopic (exact) mass is 303 g/mol. The van der Waals surface area contributed by atoms with Crippen LogP contribution < -0.4 is 10.4 Å². The van der Waals surface area contributed by atoms with Gasteiger partial charge in [0, 0.05) is 5.56 Å². The number of ether oxygens (including phenoxy) is 1. The third-order valence-corrected chi connectivity index (χ3v) is 3.18. The van der Waals surface area contributed by atoms with Gasteiger partial charge in [0.05, 0.1) is 11.1 Å². The molecule has 0 fully saturated rings. The molecule has 0 bridgehead atoms. The van der Waals surface area contributed by atoms with Crippen molar-refractivity contribution in [3.63, 3.8) is 0 Å². The van der Waals surface area contributed by atoms with E-state index in [-0.39, 0.29) is 23.5 Å². The van der Waals surface area contributed by atoms with Gasteiger partial charge in [-0.15, -0.1) is 0 Å². The maximum Gasteiger partial charge on any atom is 0.349 e. The molecule has 6 nitrogen and oxygen atoms in total. The molecule has 0 saturated carbocycles. The first kappa shape index (κ1) is 15.6. The van der Waals surface area contributed by atoms with Crippen molar-refractivity contribution in [3.05, 3.63) is 46.3 Å². The number of benzene rings is 1. The van der Waals surface area contributed by atoms with Crippen LogP contribution in [0.4, 0.5) is 0 Å². The fraction of sp³-hybridized carbons (Fsp3) is 0.250. The van der Waals surface area contributed by atoms with Crippen molar-refractivity contribution in [2.24, 2.45) is 5.16 Å². The maximum atomic E-state index is 12.3. The van der Waals surface area contributed by atoms with Crippen LogP contribution in [0.15, 0.2) is 39.2 Å². The molecule has 1 N–H and O–H groups in total. The first-order chi connectivity index (χ1) is 10.5. The average molecular weight is 303 g/mol. The standard InChI is InChI=1S/C16H17NO5/c1-5-8-21-15-11-6-7-12(18)9(2)14(11)22-16(19)13(15)10(3)17-20-4/h5-7,18H,1,8H2,2-4H3/b17-10-. The Morgan fingerprint density at radius 3 is 2.86 bits per heavy atom. The second-order valence-corrected chi connectivity index (χ2v) is 4.64. The highest BCUT2D eigenvalue weighted by Gasteiger charge is 2.20.